The first-order chi connectivity index (χ1) is 8.27. The third kappa shape index (κ3) is 12.1. The Labute approximate surface area is 106 Å². The second-order valence-corrected chi connectivity index (χ2v) is 5.92. The molecule has 0 spiro atoms. The minimum Gasteiger partial charge on any atom is -0.317 e. The highest BCUT2D eigenvalue weighted by Gasteiger charge is 2.26. The van der Waals surface area contributed by atoms with Gasteiger partial charge in [-0.3, -0.25) is 0 Å². The van der Waals surface area contributed by atoms with Crippen molar-refractivity contribution >= 4 is 10.0 Å². The first kappa shape index (κ1) is 17.7. The molecule has 0 bridgehead atoms. The molecule has 4 nitrogen and oxygen atoms in total. The number of hydrogen-bond donors (Lipinski definition) is 2. The fourth-order valence-electron chi connectivity index (χ4n) is 1.31. The average Bonchev–Trinajstić information content (AvgIpc) is 2.23. The average molecular weight is 290 g/mol. The maximum atomic E-state index is 11.8. The van der Waals surface area contributed by atoms with Crippen LogP contribution in [0.5, 0.6) is 0 Å². The van der Waals surface area contributed by atoms with Gasteiger partial charge in [-0.25, -0.2) is 13.1 Å². The van der Waals surface area contributed by atoms with Crippen molar-refractivity contribution in [2.45, 2.75) is 38.8 Å². The molecule has 0 aliphatic rings. The number of sulfonamides is 1. The molecule has 0 fully saturated rings. The van der Waals surface area contributed by atoms with Crippen LogP contribution in [0.1, 0.15) is 32.6 Å². The Kier molecular flexibility index (Phi) is 8.54. The van der Waals surface area contributed by atoms with Crippen molar-refractivity contribution in [1.29, 1.82) is 0 Å². The smallest absolute Gasteiger partial charge is 0.317 e. The molecule has 0 aliphatic heterocycles. The normalized spacial score (nSPS) is 12.9. The van der Waals surface area contributed by atoms with Crippen molar-refractivity contribution < 1.29 is 21.6 Å². The number of rotatable bonds is 10. The van der Waals surface area contributed by atoms with Crippen molar-refractivity contribution in [3.8, 4) is 0 Å². The highest BCUT2D eigenvalue weighted by molar-refractivity contribution is 7.89. The van der Waals surface area contributed by atoms with Crippen LogP contribution in [-0.4, -0.2) is 40.0 Å². The molecule has 0 aromatic rings. The lowest BCUT2D eigenvalue weighted by Gasteiger charge is -2.08. The van der Waals surface area contributed by atoms with Gasteiger partial charge in [0.05, 0.1) is 5.75 Å². The van der Waals surface area contributed by atoms with Crippen LogP contribution in [0, 0.1) is 0 Å². The predicted octanol–water partition coefficient (Wildman–Crippen LogP) is 1.64. The van der Waals surface area contributed by atoms with Crippen molar-refractivity contribution in [3.63, 3.8) is 0 Å². The van der Waals surface area contributed by atoms with Crippen molar-refractivity contribution in [3.05, 3.63) is 0 Å². The molecule has 0 aromatic heterocycles. The van der Waals surface area contributed by atoms with E-state index in [0.717, 1.165) is 19.5 Å². The van der Waals surface area contributed by atoms with Gasteiger partial charge in [0, 0.05) is 13.0 Å². The third-order valence-electron chi connectivity index (χ3n) is 2.23. The van der Waals surface area contributed by atoms with Gasteiger partial charge in [-0.2, -0.15) is 13.2 Å². The molecule has 8 heteroatoms. The molecule has 0 aromatic carbocycles. The van der Waals surface area contributed by atoms with Crippen LogP contribution in [0.15, 0.2) is 0 Å². The summed E-state index contributed by atoms with van der Waals surface area (Å²) in [4.78, 5) is 0. The van der Waals surface area contributed by atoms with Crippen molar-refractivity contribution in [2.24, 2.45) is 0 Å². The van der Waals surface area contributed by atoms with Gasteiger partial charge in [-0.15, -0.1) is 0 Å². The summed E-state index contributed by atoms with van der Waals surface area (Å²) in [5, 5.41) is 3.06. The van der Waals surface area contributed by atoms with E-state index in [1.54, 1.807) is 0 Å². The van der Waals surface area contributed by atoms with E-state index in [2.05, 4.69) is 10.0 Å². The van der Waals surface area contributed by atoms with Gasteiger partial charge in [0.15, 0.2) is 0 Å². The summed E-state index contributed by atoms with van der Waals surface area (Å²) in [5.41, 5.74) is 0. The van der Waals surface area contributed by atoms with E-state index in [-0.39, 0.29) is 18.7 Å². The van der Waals surface area contributed by atoms with Crippen LogP contribution in [0.4, 0.5) is 13.2 Å². The monoisotopic (exact) mass is 290 g/mol. The highest BCUT2D eigenvalue weighted by Crippen LogP contribution is 2.20. The SMILES string of the molecule is CCNCCCCS(=O)(=O)NCCCC(F)(F)F. The predicted molar refractivity (Wildman–Crippen MR) is 64.9 cm³/mol. The lowest BCUT2D eigenvalue weighted by molar-refractivity contribution is -0.135. The van der Waals surface area contributed by atoms with Gasteiger partial charge in [-0.1, -0.05) is 6.92 Å². The van der Waals surface area contributed by atoms with E-state index in [1.807, 2.05) is 6.92 Å². The zero-order valence-corrected chi connectivity index (χ0v) is 11.3. The zero-order chi connectivity index (χ0) is 14.1. The molecular weight excluding hydrogens is 269 g/mol. The van der Waals surface area contributed by atoms with Crippen LogP contribution in [0.2, 0.25) is 0 Å². The van der Waals surface area contributed by atoms with Crippen LogP contribution >= 0.6 is 0 Å². The molecule has 0 radical (unpaired) electrons. The summed E-state index contributed by atoms with van der Waals surface area (Å²) in [7, 11) is -3.43. The van der Waals surface area contributed by atoms with Crippen LogP contribution in [0.3, 0.4) is 0 Å². The molecule has 0 atom stereocenters. The maximum Gasteiger partial charge on any atom is 0.389 e. The summed E-state index contributed by atoms with van der Waals surface area (Å²) in [5.74, 6) is -0.0373. The Morgan fingerprint density at radius 1 is 1.06 bits per heavy atom. The highest BCUT2D eigenvalue weighted by atomic mass is 32.2. The largest absolute Gasteiger partial charge is 0.389 e. The summed E-state index contributed by atoms with van der Waals surface area (Å²) < 4.78 is 60.4. The standard InChI is InChI=1S/C10H21F3N2O2S/c1-2-14-7-3-4-9-18(16,17)15-8-5-6-10(11,12)13/h14-15H,2-9H2,1H3. The molecule has 0 saturated heterocycles. The summed E-state index contributed by atoms with van der Waals surface area (Å²) >= 11 is 0. The Morgan fingerprint density at radius 3 is 2.28 bits per heavy atom. The Hall–Kier alpha value is -0.340. The molecule has 0 aliphatic carbocycles. The van der Waals surface area contributed by atoms with E-state index >= 15 is 0 Å². The molecular formula is C10H21F3N2O2S. The number of halogens is 3. The van der Waals surface area contributed by atoms with E-state index in [4.69, 9.17) is 0 Å². The van der Waals surface area contributed by atoms with E-state index in [1.165, 1.54) is 0 Å². The number of unbranched alkanes of at least 4 members (excludes halogenated alkanes) is 1. The minimum atomic E-state index is -4.22. The lowest BCUT2D eigenvalue weighted by atomic mass is 10.3. The Balaban J connectivity index is 3.62. The Bertz CT molecular complexity index is 305. The number of alkyl halides is 3. The zero-order valence-electron chi connectivity index (χ0n) is 10.5. The molecule has 0 rings (SSSR count). The van der Waals surface area contributed by atoms with Crippen molar-refractivity contribution in [1.82, 2.24) is 10.0 Å². The van der Waals surface area contributed by atoms with Gasteiger partial charge in [-0.05, 0) is 32.4 Å². The maximum absolute atomic E-state index is 11.8. The Morgan fingerprint density at radius 2 is 1.72 bits per heavy atom. The molecule has 18 heavy (non-hydrogen) atoms. The van der Waals surface area contributed by atoms with Crippen molar-refractivity contribution in [2.75, 3.05) is 25.4 Å². The first-order valence-corrected chi connectivity index (χ1v) is 7.67. The van der Waals surface area contributed by atoms with Crippen LogP contribution in [0.25, 0.3) is 0 Å². The molecule has 0 unspecified atom stereocenters. The van der Waals surface area contributed by atoms with Crippen LogP contribution in [-0.2, 0) is 10.0 Å². The molecule has 0 amide bonds. The second-order valence-electron chi connectivity index (χ2n) is 3.99. The van der Waals surface area contributed by atoms with E-state index in [0.29, 0.717) is 6.42 Å². The molecule has 110 valence electrons. The van der Waals surface area contributed by atoms with Gasteiger partial charge in [0.25, 0.3) is 0 Å². The quantitative estimate of drug-likeness (QED) is 0.601. The topological polar surface area (TPSA) is 58.2 Å². The third-order valence-corrected chi connectivity index (χ3v) is 3.70. The first-order valence-electron chi connectivity index (χ1n) is 6.01. The lowest BCUT2D eigenvalue weighted by Crippen LogP contribution is -2.28. The van der Waals surface area contributed by atoms with Gasteiger partial charge >= 0.3 is 6.18 Å². The van der Waals surface area contributed by atoms with E-state index < -0.39 is 22.6 Å². The summed E-state index contributed by atoms with van der Waals surface area (Å²) in [6.45, 7) is 3.39. The number of hydrogen-bond acceptors (Lipinski definition) is 3. The summed E-state index contributed by atoms with van der Waals surface area (Å²) in [6, 6.07) is 0. The van der Waals surface area contributed by atoms with E-state index in [9.17, 15) is 21.6 Å². The fourth-order valence-corrected chi connectivity index (χ4v) is 2.49. The second kappa shape index (κ2) is 8.71. The van der Waals surface area contributed by atoms with Gasteiger partial charge < -0.3 is 5.32 Å². The van der Waals surface area contributed by atoms with Gasteiger partial charge in [0.1, 0.15) is 0 Å². The van der Waals surface area contributed by atoms with Crippen LogP contribution < -0.4 is 10.0 Å². The summed E-state index contributed by atoms with van der Waals surface area (Å²) in [6.07, 6.45) is -4.17. The molecule has 2 N–H and O–H groups in total. The molecule has 0 saturated carbocycles. The fraction of sp³-hybridized carbons (Fsp3) is 1.00. The molecule has 0 heterocycles. The number of nitrogens with one attached hydrogen (secondary N) is 2. The minimum absolute atomic E-state index is 0.0373. The van der Waals surface area contributed by atoms with Gasteiger partial charge in [0.2, 0.25) is 10.0 Å².